The molecule has 14 heavy (non-hydrogen) atoms. The van der Waals surface area contributed by atoms with Crippen molar-refractivity contribution in [2.75, 3.05) is 0 Å². The van der Waals surface area contributed by atoms with Gasteiger partial charge in [-0.1, -0.05) is 18.6 Å². The third-order valence-corrected chi connectivity index (χ3v) is 2.36. The lowest BCUT2D eigenvalue weighted by molar-refractivity contribution is -0.156. The summed E-state index contributed by atoms with van der Waals surface area (Å²) in [7, 11) is 0. The Bertz CT molecular complexity index is 214. The summed E-state index contributed by atoms with van der Waals surface area (Å²) in [6, 6.07) is 0. The summed E-state index contributed by atoms with van der Waals surface area (Å²) in [5.41, 5.74) is 1.02. The number of hydrogen-bond donors (Lipinski definition) is 0. The molecule has 2 heteroatoms. The minimum absolute atomic E-state index is 0.188. The molecule has 0 bridgehead atoms. The Balaban J connectivity index is 4.12. The second kappa shape index (κ2) is 5.84. The predicted octanol–water partition coefficient (Wildman–Crippen LogP) is 3.46. The van der Waals surface area contributed by atoms with Crippen LogP contribution in [0.5, 0.6) is 0 Å². The Hall–Kier alpha value is -0.790. The number of rotatable bonds is 5. The van der Waals surface area contributed by atoms with Gasteiger partial charge >= 0.3 is 5.97 Å². The molecule has 0 rings (SSSR count). The van der Waals surface area contributed by atoms with Crippen molar-refractivity contribution < 1.29 is 9.53 Å². The molecule has 0 aliphatic rings. The van der Waals surface area contributed by atoms with Crippen LogP contribution in [-0.4, -0.2) is 11.6 Å². The van der Waals surface area contributed by atoms with Crippen LogP contribution in [-0.2, 0) is 9.53 Å². The van der Waals surface area contributed by atoms with Crippen LogP contribution in [0.15, 0.2) is 11.6 Å². The number of hydrogen-bond acceptors (Lipinski definition) is 2. The van der Waals surface area contributed by atoms with Crippen molar-refractivity contribution in [3.63, 3.8) is 0 Å². The SMILES string of the molecule is CC[C@](C)(CCC=C(C)C)OC(C)=O. The molecule has 0 aromatic carbocycles. The smallest absolute Gasteiger partial charge is 0.303 e. The van der Waals surface area contributed by atoms with E-state index < -0.39 is 0 Å². The van der Waals surface area contributed by atoms with Crippen LogP contribution in [0, 0.1) is 0 Å². The van der Waals surface area contributed by atoms with Crippen molar-refractivity contribution in [1.29, 1.82) is 0 Å². The van der Waals surface area contributed by atoms with E-state index in [1.165, 1.54) is 12.5 Å². The molecule has 1 atom stereocenters. The Labute approximate surface area is 87.3 Å². The molecule has 0 N–H and O–H groups in total. The van der Waals surface area contributed by atoms with Gasteiger partial charge in [-0.2, -0.15) is 0 Å². The first-order valence-corrected chi connectivity index (χ1v) is 5.22. The molecule has 82 valence electrons. The first kappa shape index (κ1) is 13.2. The van der Waals surface area contributed by atoms with Gasteiger partial charge in [-0.3, -0.25) is 4.79 Å². The molecule has 0 saturated heterocycles. The standard InChI is InChI=1S/C12H22O2/c1-6-12(5,14-11(4)13)9-7-8-10(2)3/h8H,6-7,9H2,1-5H3/t12-/m1/s1. The van der Waals surface area contributed by atoms with Gasteiger partial charge in [-0.25, -0.2) is 0 Å². The van der Waals surface area contributed by atoms with E-state index in [0.717, 1.165) is 19.3 Å². The minimum Gasteiger partial charge on any atom is -0.460 e. The third-order valence-electron chi connectivity index (χ3n) is 2.36. The summed E-state index contributed by atoms with van der Waals surface area (Å²) in [5.74, 6) is -0.188. The summed E-state index contributed by atoms with van der Waals surface area (Å²) in [4.78, 5) is 10.9. The van der Waals surface area contributed by atoms with Crippen LogP contribution >= 0.6 is 0 Å². The van der Waals surface area contributed by atoms with Crippen molar-refractivity contribution in [1.82, 2.24) is 0 Å². The molecule has 0 unspecified atom stereocenters. The minimum atomic E-state index is -0.294. The van der Waals surface area contributed by atoms with E-state index >= 15 is 0 Å². The van der Waals surface area contributed by atoms with Gasteiger partial charge in [0.25, 0.3) is 0 Å². The Morgan fingerprint density at radius 3 is 2.29 bits per heavy atom. The van der Waals surface area contributed by atoms with Crippen LogP contribution in [0.1, 0.15) is 53.9 Å². The fourth-order valence-corrected chi connectivity index (χ4v) is 1.31. The quantitative estimate of drug-likeness (QED) is 0.499. The van der Waals surface area contributed by atoms with E-state index in [2.05, 4.69) is 19.9 Å². The van der Waals surface area contributed by atoms with E-state index in [1.54, 1.807) is 0 Å². The van der Waals surface area contributed by atoms with Gasteiger partial charge in [-0.15, -0.1) is 0 Å². The molecule has 0 aromatic heterocycles. The molecule has 0 aliphatic heterocycles. The Morgan fingerprint density at radius 1 is 1.36 bits per heavy atom. The van der Waals surface area contributed by atoms with Gasteiger partial charge in [0.05, 0.1) is 0 Å². The number of carbonyl (C=O) groups excluding carboxylic acids is 1. The molecule has 0 fully saturated rings. The molecule has 0 spiro atoms. The van der Waals surface area contributed by atoms with Crippen molar-refractivity contribution in [3.8, 4) is 0 Å². The number of esters is 1. The van der Waals surface area contributed by atoms with Gasteiger partial charge in [0.2, 0.25) is 0 Å². The second-order valence-corrected chi connectivity index (χ2v) is 4.22. The average molecular weight is 198 g/mol. The monoisotopic (exact) mass is 198 g/mol. The summed E-state index contributed by atoms with van der Waals surface area (Å²) in [6.45, 7) is 9.66. The maximum atomic E-state index is 10.9. The van der Waals surface area contributed by atoms with Crippen LogP contribution in [0.2, 0.25) is 0 Å². The topological polar surface area (TPSA) is 26.3 Å². The van der Waals surface area contributed by atoms with Crippen molar-refractivity contribution in [2.45, 2.75) is 59.5 Å². The number of allylic oxidation sites excluding steroid dienone is 2. The van der Waals surface area contributed by atoms with Gasteiger partial charge in [0.1, 0.15) is 5.60 Å². The van der Waals surface area contributed by atoms with Crippen LogP contribution in [0.3, 0.4) is 0 Å². The second-order valence-electron chi connectivity index (χ2n) is 4.22. The van der Waals surface area contributed by atoms with Crippen molar-refractivity contribution >= 4 is 5.97 Å². The van der Waals surface area contributed by atoms with Crippen molar-refractivity contribution in [3.05, 3.63) is 11.6 Å². The molecule has 0 aliphatic carbocycles. The Morgan fingerprint density at radius 2 is 1.93 bits per heavy atom. The maximum absolute atomic E-state index is 10.9. The first-order valence-electron chi connectivity index (χ1n) is 5.22. The molecule has 0 heterocycles. The number of ether oxygens (including phenoxy) is 1. The van der Waals surface area contributed by atoms with E-state index in [-0.39, 0.29) is 11.6 Å². The third kappa shape index (κ3) is 5.79. The largest absolute Gasteiger partial charge is 0.460 e. The molecule has 0 radical (unpaired) electrons. The summed E-state index contributed by atoms with van der Waals surface area (Å²) >= 11 is 0. The highest BCUT2D eigenvalue weighted by atomic mass is 16.6. The van der Waals surface area contributed by atoms with E-state index in [0.29, 0.717) is 0 Å². The predicted molar refractivity (Wildman–Crippen MR) is 59.1 cm³/mol. The molecule has 0 saturated carbocycles. The lowest BCUT2D eigenvalue weighted by Gasteiger charge is -2.27. The highest BCUT2D eigenvalue weighted by molar-refractivity contribution is 5.66. The lowest BCUT2D eigenvalue weighted by Crippen LogP contribution is -2.29. The average Bonchev–Trinajstić information content (AvgIpc) is 2.02. The van der Waals surface area contributed by atoms with Crippen LogP contribution in [0.4, 0.5) is 0 Å². The summed E-state index contributed by atoms with van der Waals surface area (Å²) in [5, 5.41) is 0. The maximum Gasteiger partial charge on any atom is 0.303 e. The van der Waals surface area contributed by atoms with Crippen molar-refractivity contribution in [2.24, 2.45) is 0 Å². The summed E-state index contributed by atoms with van der Waals surface area (Å²) < 4.78 is 5.30. The van der Waals surface area contributed by atoms with E-state index in [1.807, 2.05) is 13.8 Å². The van der Waals surface area contributed by atoms with Gasteiger partial charge < -0.3 is 4.74 Å². The summed E-state index contributed by atoms with van der Waals surface area (Å²) in [6.07, 6.45) is 4.91. The van der Waals surface area contributed by atoms with Crippen LogP contribution in [0.25, 0.3) is 0 Å². The van der Waals surface area contributed by atoms with Gasteiger partial charge in [-0.05, 0) is 40.0 Å². The Kier molecular flexibility index (Phi) is 5.51. The molecule has 0 aromatic rings. The zero-order chi connectivity index (χ0) is 11.2. The van der Waals surface area contributed by atoms with E-state index in [4.69, 9.17) is 4.74 Å². The molecular weight excluding hydrogens is 176 g/mol. The van der Waals surface area contributed by atoms with Crippen LogP contribution < -0.4 is 0 Å². The fraction of sp³-hybridized carbons (Fsp3) is 0.750. The zero-order valence-electron chi connectivity index (χ0n) is 10.0. The van der Waals surface area contributed by atoms with E-state index in [9.17, 15) is 4.79 Å². The lowest BCUT2D eigenvalue weighted by atomic mass is 9.96. The molecular formula is C12H22O2. The number of carbonyl (C=O) groups is 1. The normalized spacial score (nSPS) is 14.4. The fourth-order valence-electron chi connectivity index (χ4n) is 1.31. The highest BCUT2D eigenvalue weighted by Crippen LogP contribution is 2.22. The first-order chi connectivity index (χ1) is 6.39. The van der Waals surface area contributed by atoms with Gasteiger partial charge in [0, 0.05) is 6.92 Å². The molecule has 0 amide bonds. The molecule has 2 nitrogen and oxygen atoms in total. The van der Waals surface area contributed by atoms with Gasteiger partial charge in [0.15, 0.2) is 0 Å². The zero-order valence-corrected chi connectivity index (χ0v) is 10.0. The highest BCUT2D eigenvalue weighted by Gasteiger charge is 2.24.